The van der Waals surface area contributed by atoms with E-state index in [2.05, 4.69) is 5.32 Å². The Morgan fingerprint density at radius 3 is 2.53 bits per heavy atom. The van der Waals surface area contributed by atoms with Gasteiger partial charge in [0.1, 0.15) is 5.82 Å². The highest BCUT2D eigenvalue weighted by molar-refractivity contribution is 5.72. The van der Waals surface area contributed by atoms with E-state index in [9.17, 15) is 4.39 Å². The number of para-hydroxylation sites is 2. The lowest BCUT2D eigenvalue weighted by molar-refractivity contribution is 0.631. The van der Waals surface area contributed by atoms with E-state index in [0.717, 1.165) is 0 Å². The van der Waals surface area contributed by atoms with Crippen LogP contribution in [0.2, 0.25) is 0 Å². The third-order valence-electron chi connectivity index (χ3n) is 2.33. The number of nitrogens with one attached hydrogen (secondary N) is 1. The van der Waals surface area contributed by atoms with E-state index >= 15 is 0 Å². The van der Waals surface area contributed by atoms with Gasteiger partial charge in [0.15, 0.2) is 0 Å². The molecule has 17 heavy (non-hydrogen) atoms. The summed E-state index contributed by atoms with van der Waals surface area (Å²) in [5.74, 6) is -0.479. The zero-order valence-corrected chi connectivity index (χ0v) is 8.94. The van der Waals surface area contributed by atoms with Gasteiger partial charge in [-0.3, -0.25) is 0 Å². The lowest BCUT2D eigenvalue weighted by Crippen LogP contribution is -1.98. The summed E-state index contributed by atoms with van der Waals surface area (Å²) < 4.78 is 13.6. The summed E-state index contributed by atoms with van der Waals surface area (Å²) >= 11 is 0. The number of benzene rings is 2. The van der Waals surface area contributed by atoms with Crippen molar-refractivity contribution in [1.29, 1.82) is 5.26 Å². The highest BCUT2D eigenvalue weighted by Crippen LogP contribution is 2.24. The fourth-order valence-corrected chi connectivity index (χ4v) is 1.44. The van der Waals surface area contributed by atoms with Crippen molar-refractivity contribution in [2.45, 2.75) is 0 Å². The lowest BCUT2D eigenvalue weighted by atomic mass is 10.2. The predicted octanol–water partition coefficient (Wildman–Crippen LogP) is 3.02. The molecule has 2 rings (SSSR count). The molecule has 0 aliphatic heterocycles. The second kappa shape index (κ2) is 4.54. The molecule has 0 heterocycles. The van der Waals surface area contributed by atoms with Gasteiger partial charge in [-0.25, -0.2) is 4.39 Å². The summed E-state index contributed by atoms with van der Waals surface area (Å²) in [6.45, 7) is 0. The van der Waals surface area contributed by atoms with Crippen LogP contribution in [0.1, 0.15) is 5.56 Å². The van der Waals surface area contributed by atoms with Crippen molar-refractivity contribution < 1.29 is 4.39 Å². The lowest BCUT2D eigenvalue weighted by Gasteiger charge is -2.09. The third kappa shape index (κ3) is 2.34. The largest absolute Gasteiger partial charge is 0.397 e. The molecule has 2 aromatic carbocycles. The highest BCUT2D eigenvalue weighted by atomic mass is 19.1. The molecule has 0 amide bonds. The van der Waals surface area contributed by atoms with Gasteiger partial charge in [-0.2, -0.15) is 5.26 Å². The maximum atomic E-state index is 13.6. The summed E-state index contributed by atoms with van der Waals surface area (Å²) in [4.78, 5) is 0. The predicted molar refractivity (Wildman–Crippen MR) is 65.3 cm³/mol. The second-order valence-electron chi connectivity index (χ2n) is 3.52. The van der Waals surface area contributed by atoms with Crippen molar-refractivity contribution >= 4 is 17.1 Å². The Morgan fingerprint density at radius 1 is 1.12 bits per heavy atom. The van der Waals surface area contributed by atoms with Gasteiger partial charge in [-0.05, 0) is 30.3 Å². The van der Waals surface area contributed by atoms with Gasteiger partial charge in [0, 0.05) is 0 Å². The molecular formula is C13H10FN3. The fraction of sp³-hybridized carbons (Fsp3) is 0. The minimum atomic E-state index is -0.479. The maximum Gasteiger partial charge on any atom is 0.147 e. The van der Waals surface area contributed by atoms with Gasteiger partial charge in [-0.15, -0.1) is 0 Å². The number of halogens is 1. The van der Waals surface area contributed by atoms with Crippen molar-refractivity contribution in [3.05, 3.63) is 53.8 Å². The molecule has 0 spiro atoms. The van der Waals surface area contributed by atoms with Crippen LogP contribution < -0.4 is 11.1 Å². The van der Waals surface area contributed by atoms with Crippen LogP contribution in [0.5, 0.6) is 0 Å². The van der Waals surface area contributed by atoms with Gasteiger partial charge in [0.05, 0.1) is 28.7 Å². The molecule has 84 valence electrons. The molecule has 0 aliphatic rings. The van der Waals surface area contributed by atoms with Gasteiger partial charge < -0.3 is 11.1 Å². The first-order valence-electron chi connectivity index (χ1n) is 5.02. The summed E-state index contributed by atoms with van der Waals surface area (Å²) in [6, 6.07) is 13.2. The first-order valence-corrected chi connectivity index (χ1v) is 5.02. The van der Waals surface area contributed by atoms with Crippen LogP contribution in [0.25, 0.3) is 0 Å². The van der Waals surface area contributed by atoms with Gasteiger partial charge in [0.2, 0.25) is 0 Å². The van der Waals surface area contributed by atoms with Crippen molar-refractivity contribution in [1.82, 2.24) is 0 Å². The Balaban J connectivity index is 2.32. The van der Waals surface area contributed by atoms with Crippen LogP contribution in [-0.2, 0) is 0 Å². The average molecular weight is 227 g/mol. The third-order valence-corrected chi connectivity index (χ3v) is 2.33. The summed E-state index contributed by atoms with van der Waals surface area (Å²) in [5, 5.41) is 11.5. The van der Waals surface area contributed by atoms with Crippen LogP contribution in [0.3, 0.4) is 0 Å². The Kier molecular flexibility index (Phi) is 2.93. The zero-order valence-electron chi connectivity index (χ0n) is 8.94. The first kappa shape index (κ1) is 11.0. The molecule has 0 fully saturated rings. The number of nitrogens with two attached hydrogens (primary N) is 1. The van der Waals surface area contributed by atoms with Crippen molar-refractivity contribution in [3.63, 3.8) is 0 Å². The highest BCUT2D eigenvalue weighted by Gasteiger charge is 2.05. The molecule has 3 nitrogen and oxygen atoms in total. The molecule has 0 radical (unpaired) electrons. The number of nitrogen functional groups attached to an aromatic ring is 1. The molecule has 0 aromatic heterocycles. The Labute approximate surface area is 98.3 Å². The fourth-order valence-electron chi connectivity index (χ4n) is 1.44. The van der Waals surface area contributed by atoms with Gasteiger partial charge in [0.25, 0.3) is 0 Å². The molecule has 2 aromatic rings. The van der Waals surface area contributed by atoms with Crippen LogP contribution in [0, 0.1) is 17.1 Å². The quantitative estimate of drug-likeness (QED) is 0.775. The maximum absolute atomic E-state index is 13.6. The van der Waals surface area contributed by atoms with E-state index in [1.807, 2.05) is 6.07 Å². The van der Waals surface area contributed by atoms with Crippen LogP contribution in [0.4, 0.5) is 21.5 Å². The summed E-state index contributed by atoms with van der Waals surface area (Å²) in [7, 11) is 0. The molecule has 4 heteroatoms. The Bertz CT molecular complexity index is 587. The minimum Gasteiger partial charge on any atom is -0.397 e. The van der Waals surface area contributed by atoms with E-state index in [1.165, 1.54) is 12.1 Å². The number of hydrogen-bond donors (Lipinski definition) is 2. The number of nitrogens with zero attached hydrogens (tertiary/aromatic N) is 1. The van der Waals surface area contributed by atoms with Crippen LogP contribution in [0.15, 0.2) is 42.5 Å². The number of nitriles is 1. The van der Waals surface area contributed by atoms with Crippen molar-refractivity contribution in [2.24, 2.45) is 0 Å². The molecule has 0 bridgehead atoms. The number of rotatable bonds is 2. The Morgan fingerprint density at radius 2 is 1.88 bits per heavy atom. The van der Waals surface area contributed by atoms with Gasteiger partial charge >= 0.3 is 0 Å². The molecule has 0 aliphatic carbocycles. The zero-order chi connectivity index (χ0) is 12.3. The van der Waals surface area contributed by atoms with Gasteiger partial charge in [-0.1, -0.05) is 12.1 Å². The van der Waals surface area contributed by atoms with E-state index in [4.69, 9.17) is 11.0 Å². The normalized spacial score (nSPS) is 9.65. The molecule has 0 saturated carbocycles. The topological polar surface area (TPSA) is 61.8 Å². The monoisotopic (exact) mass is 227 g/mol. The molecular weight excluding hydrogens is 217 g/mol. The summed E-state index contributed by atoms with van der Waals surface area (Å²) in [5.41, 5.74) is 7.49. The van der Waals surface area contributed by atoms with E-state index < -0.39 is 5.82 Å². The summed E-state index contributed by atoms with van der Waals surface area (Å²) in [6.07, 6.45) is 0. The Hall–Kier alpha value is -2.54. The van der Waals surface area contributed by atoms with E-state index in [-0.39, 0.29) is 5.56 Å². The molecule has 0 atom stereocenters. The van der Waals surface area contributed by atoms with Crippen molar-refractivity contribution in [3.8, 4) is 6.07 Å². The first-order chi connectivity index (χ1) is 8.20. The van der Waals surface area contributed by atoms with Crippen LogP contribution >= 0.6 is 0 Å². The van der Waals surface area contributed by atoms with Crippen molar-refractivity contribution in [2.75, 3.05) is 11.1 Å². The van der Waals surface area contributed by atoms with Crippen LogP contribution in [-0.4, -0.2) is 0 Å². The molecule has 3 N–H and O–H groups in total. The second-order valence-corrected chi connectivity index (χ2v) is 3.52. The molecule has 0 unspecified atom stereocenters. The van der Waals surface area contributed by atoms with E-state index in [0.29, 0.717) is 17.1 Å². The minimum absolute atomic E-state index is 0.286. The number of hydrogen-bond acceptors (Lipinski definition) is 3. The number of anilines is 3. The van der Waals surface area contributed by atoms with E-state index in [1.54, 1.807) is 30.3 Å². The molecule has 0 saturated heterocycles. The smallest absolute Gasteiger partial charge is 0.147 e. The standard InChI is InChI=1S/C13H10FN3/c14-10-7-9(8-15)5-6-12(10)17-13-4-2-1-3-11(13)16/h1-7,17H,16H2. The SMILES string of the molecule is N#Cc1ccc(Nc2ccccc2N)c(F)c1. The average Bonchev–Trinajstić information content (AvgIpc) is 2.34.